The van der Waals surface area contributed by atoms with Crippen LogP contribution in [0.1, 0.15) is 0 Å². The number of sulfonamides is 1. The van der Waals surface area contributed by atoms with E-state index in [9.17, 15) is 8.42 Å². The molecule has 0 aliphatic heterocycles. The highest BCUT2D eigenvalue weighted by Crippen LogP contribution is 2.22. The van der Waals surface area contributed by atoms with Gasteiger partial charge in [-0.2, -0.15) is 0 Å². The van der Waals surface area contributed by atoms with Gasteiger partial charge in [-0.25, -0.2) is 33.5 Å². The molecule has 0 bridgehead atoms. The first-order valence-corrected chi connectivity index (χ1v) is 7.40. The number of hydrogen-bond acceptors (Lipinski definition) is 7. The Hall–Kier alpha value is -2.65. The predicted octanol–water partition coefficient (Wildman–Crippen LogP) is 0.811. The lowest BCUT2D eigenvalue weighted by molar-refractivity contribution is 0.598. The number of nitrogens with one attached hydrogen (secondary N) is 1. The number of fused-ring (bicyclic) bond motifs is 1. The topological polar surface area (TPSA) is 124 Å². The number of benzene rings is 1. The summed E-state index contributed by atoms with van der Waals surface area (Å²) in [5.41, 5.74) is 1.44. The van der Waals surface area contributed by atoms with Crippen molar-refractivity contribution in [3.63, 3.8) is 0 Å². The summed E-state index contributed by atoms with van der Waals surface area (Å²) < 4.78 is 23.1. The summed E-state index contributed by atoms with van der Waals surface area (Å²) in [6, 6.07) is 6.25. The normalized spacial score (nSPS) is 11.5. The summed E-state index contributed by atoms with van der Waals surface area (Å²) in [4.78, 5) is 16.1. The van der Waals surface area contributed by atoms with Crippen molar-refractivity contribution in [2.24, 2.45) is 5.14 Å². The summed E-state index contributed by atoms with van der Waals surface area (Å²) in [7, 11) is -3.84. The molecular formula is C12H10N6O2S. The summed E-state index contributed by atoms with van der Waals surface area (Å²) in [6.07, 6.45) is 4.46. The van der Waals surface area contributed by atoms with E-state index in [2.05, 4.69) is 25.3 Å². The molecule has 0 saturated carbocycles. The lowest BCUT2D eigenvalue weighted by atomic mass is 10.3. The second-order valence-electron chi connectivity index (χ2n) is 4.15. The summed E-state index contributed by atoms with van der Waals surface area (Å²) in [5, 5.41) is 8.01. The number of rotatable bonds is 3. The van der Waals surface area contributed by atoms with Gasteiger partial charge in [0.25, 0.3) is 0 Å². The van der Waals surface area contributed by atoms with E-state index in [0.717, 1.165) is 0 Å². The number of primary sulfonamides is 1. The Balaban J connectivity index is 2.03. The summed E-state index contributed by atoms with van der Waals surface area (Å²) in [5.74, 6) is 0.230. The molecule has 0 aliphatic rings. The Morgan fingerprint density at radius 2 is 1.86 bits per heavy atom. The van der Waals surface area contributed by atoms with Gasteiger partial charge in [0.15, 0.2) is 0 Å². The van der Waals surface area contributed by atoms with E-state index >= 15 is 0 Å². The lowest BCUT2D eigenvalue weighted by Gasteiger charge is -2.09. The molecule has 3 N–H and O–H groups in total. The van der Waals surface area contributed by atoms with Crippen LogP contribution in [0.2, 0.25) is 0 Å². The third kappa shape index (κ3) is 2.78. The van der Waals surface area contributed by atoms with E-state index in [1.807, 2.05) is 0 Å². The molecule has 0 unspecified atom stereocenters. The monoisotopic (exact) mass is 302 g/mol. The number of para-hydroxylation sites is 1. The number of nitrogens with two attached hydrogens (primary N) is 1. The molecule has 9 heteroatoms. The maximum absolute atomic E-state index is 11.5. The van der Waals surface area contributed by atoms with E-state index in [1.165, 1.54) is 18.6 Å². The van der Waals surface area contributed by atoms with Crippen molar-refractivity contribution in [1.82, 2.24) is 19.9 Å². The Bertz CT molecular complexity index is 912. The van der Waals surface area contributed by atoms with Crippen LogP contribution in [0.3, 0.4) is 0 Å². The minimum absolute atomic E-state index is 0.0296. The minimum atomic E-state index is -3.84. The molecule has 0 atom stereocenters. The van der Waals surface area contributed by atoms with Gasteiger partial charge < -0.3 is 5.32 Å². The van der Waals surface area contributed by atoms with Crippen molar-refractivity contribution in [2.45, 2.75) is 4.90 Å². The van der Waals surface area contributed by atoms with Gasteiger partial charge in [-0.15, -0.1) is 0 Å². The highest BCUT2D eigenvalue weighted by atomic mass is 32.2. The molecule has 106 valence electrons. The first kappa shape index (κ1) is 13.3. The smallest absolute Gasteiger partial charge is 0.240 e. The van der Waals surface area contributed by atoms with Crippen LogP contribution < -0.4 is 10.5 Å². The van der Waals surface area contributed by atoms with Crippen LogP contribution in [0.15, 0.2) is 47.9 Å². The molecule has 0 aliphatic carbocycles. The van der Waals surface area contributed by atoms with Crippen LogP contribution in [0.4, 0.5) is 11.6 Å². The van der Waals surface area contributed by atoms with Crippen molar-refractivity contribution in [3.05, 3.63) is 43.0 Å². The van der Waals surface area contributed by atoms with Crippen LogP contribution in [-0.2, 0) is 10.0 Å². The zero-order chi connectivity index (χ0) is 14.9. The first-order chi connectivity index (χ1) is 10.0. The largest absolute Gasteiger partial charge is 0.323 e. The van der Waals surface area contributed by atoms with Crippen LogP contribution in [-0.4, -0.2) is 28.4 Å². The Kier molecular flexibility index (Phi) is 3.20. The molecule has 21 heavy (non-hydrogen) atoms. The van der Waals surface area contributed by atoms with E-state index in [-0.39, 0.29) is 10.8 Å². The molecule has 2 heterocycles. The van der Waals surface area contributed by atoms with Gasteiger partial charge in [-0.1, -0.05) is 12.1 Å². The van der Waals surface area contributed by atoms with Crippen molar-refractivity contribution < 1.29 is 8.42 Å². The fourth-order valence-electron chi connectivity index (χ4n) is 1.78. The van der Waals surface area contributed by atoms with Gasteiger partial charge in [0, 0.05) is 0 Å². The fourth-order valence-corrected chi connectivity index (χ4v) is 2.48. The fraction of sp³-hybridized carbons (Fsp3) is 0. The molecule has 1 aromatic carbocycles. The average Bonchev–Trinajstić information content (AvgIpc) is 2.46. The van der Waals surface area contributed by atoms with Gasteiger partial charge >= 0.3 is 0 Å². The quantitative estimate of drug-likeness (QED) is 0.733. The van der Waals surface area contributed by atoms with E-state index in [1.54, 1.807) is 24.4 Å². The summed E-state index contributed by atoms with van der Waals surface area (Å²) >= 11 is 0. The van der Waals surface area contributed by atoms with Gasteiger partial charge in [0.05, 0.1) is 18.1 Å². The van der Waals surface area contributed by atoms with Gasteiger partial charge in [-0.3, -0.25) is 0 Å². The zero-order valence-corrected chi connectivity index (χ0v) is 11.4. The third-order valence-corrected chi connectivity index (χ3v) is 3.67. The number of aromatic nitrogens is 4. The maximum Gasteiger partial charge on any atom is 0.240 e. The van der Waals surface area contributed by atoms with Crippen LogP contribution >= 0.6 is 0 Å². The molecular weight excluding hydrogens is 292 g/mol. The Labute approximate surface area is 120 Å². The first-order valence-electron chi connectivity index (χ1n) is 5.86. The predicted molar refractivity (Wildman–Crippen MR) is 76.2 cm³/mol. The van der Waals surface area contributed by atoms with E-state index < -0.39 is 10.0 Å². The Morgan fingerprint density at radius 1 is 1.05 bits per heavy atom. The van der Waals surface area contributed by atoms with Gasteiger partial charge in [-0.05, 0) is 12.1 Å². The third-order valence-electron chi connectivity index (χ3n) is 2.70. The van der Waals surface area contributed by atoms with Gasteiger partial charge in [0.1, 0.15) is 22.3 Å². The number of nitrogens with zero attached hydrogens (tertiary/aromatic N) is 4. The average molecular weight is 302 g/mol. The van der Waals surface area contributed by atoms with E-state index in [4.69, 9.17) is 5.14 Å². The number of hydrogen-bond donors (Lipinski definition) is 2. The zero-order valence-electron chi connectivity index (χ0n) is 10.6. The minimum Gasteiger partial charge on any atom is -0.323 e. The summed E-state index contributed by atoms with van der Waals surface area (Å²) in [6.45, 7) is 0. The maximum atomic E-state index is 11.5. The molecule has 0 spiro atoms. The number of anilines is 2. The molecule has 2 aromatic heterocycles. The van der Waals surface area contributed by atoms with Gasteiger partial charge in [0.2, 0.25) is 16.0 Å². The molecule has 0 amide bonds. The molecule has 0 radical (unpaired) electrons. The van der Waals surface area contributed by atoms with Crippen LogP contribution in [0, 0.1) is 0 Å². The molecule has 0 saturated heterocycles. The standard InChI is InChI=1S/C12H10N6O2S/c13-21(19,20)11-4-2-1-3-8(11)17-12-15-6-9-10(18-12)5-14-7-16-9/h1-7H,(H2,13,19,20)(H,15,17,18). The second kappa shape index (κ2) is 5.04. The highest BCUT2D eigenvalue weighted by molar-refractivity contribution is 7.89. The van der Waals surface area contributed by atoms with Crippen molar-refractivity contribution in [2.75, 3.05) is 5.32 Å². The van der Waals surface area contributed by atoms with Crippen molar-refractivity contribution in [3.8, 4) is 0 Å². The van der Waals surface area contributed by atoms with Crippen LogP contribution in [0.5, 0.6) is 0 Å². The second-order valence-corrected chi connectivity index (χ2v) is 5.68. The lowest BCUT2D eigenvalue weighted by Crippen LogP contribution is -2.14. The molecule has 3 aromatic rings. The SMILES string of the molecule is NS(=O)(=O)c1ccccc1Nc1ncc2ncncc2n1. The highest BCUT2D eigenvalue weighted by Gasteiger charge is 2.14. The molecule has 3 rings (SSSR count). The molecule has 8 nitrogen and oxygen atoms in total. The van der Waals surface area contributed by atoms with Crippen LogP contribution in [0.25, 0.3) is 11.0 Å². The van der Waals surface area contributed by atoms with Crippen molar-refractivity contribution >= 4 is 32.7 Å². The van der Waals surface area contributed by atoms with E-state index in [0.29, 0.717) is 16.7 Å². The molecule has 0 fully saturated rings. The van der Waals surface area contributed by atoms with Crippen molar-refractivity contribution in [1.29, 1.82) is 0 Å². The Morgan fingerprint density at radius 3 is 2.67 bits per heavy atom.